The van der Waals surface area contributed by atoms with Crippen LogP contribution in [0.1, 0.15) is 142 Å². The van der Waals surface area contributed by atoms with Crippen molar-refractivity contribution in [1.29, 1.82) is 0 Å². The molecule has 2 aliphatic rings. The molecule has 2 heterocycles. The number of hydrogen-bond donors (Lipinski definition) is 3. The van der Waals surface area contributed by atoms with E-state index in [9.17, 15) is 32.3 Å². The molecular formula is C43H79N2O17PS. The van der Waals surface area contributed by atoms with Crippen LogP contribution in [0.4, 0.5) is 0 Å². The molecule has 0 amide bonds. The standard InChI is InChI=1S/C43H79N2O17PS/c1-35(47)56-33-38(34-58-63(50,51)57-30-28-45(3,4)5)60-41(49)24-20-16-14-15-19-23-40-42-39(59-36(2)48)25-27-43(61-40,62-42)26-21-17-12-10-8-6-7-9-11-13-18-22-29-55-32-37(31-46)44-64(52,53)54/h20,24,37-40,42,44,46H,6-19,21-23,25-34H2,1-5H3,(H-,50,51,52,53,54)/b24-20+/t37-,38+,39+,40+,42+,43-/m0/s1. The quantitative estimate of drug-likeness (QED) is 0.0136. The lowest BCUT2D eigenvalue weighted by atomic mass is 9.94. The molecule has 0 aromatic rings. The molecule has 7 atom stereocenters. The number of unbranched alkanes of at least 4 members (excludes halogenated alkanes) is 14. The number of hydrogen-bond acceptors (Lipinski definition) is 16. The smallest absolute Gasteiger partial charge is 0.333 e. The van der Waals surface area contributed by atoms with Crippen molar-refractivity contribution < 1.29 is 83.9 Å². The summed E-state index contributed by atoms with van der Waals surface area (Å²) in [6.45, 7) is 2.01. The number of likely N-dealkylation sites (N-methyl/N-ethyl adjacent to an activating group) is 1. The number of nitrogens with zero attached hydrogens (tertiary/aromatic N) is 1. The predicted molar refractivity (Wildman–Crippen MR) is 235 cm³/mol. The Hall–Kier alpha value is -2.07. The molecule has 1 unspecified atom stereocenters. The zero-order chi connectivity index (χ0) is 47.5. The average Bonchev–Trinajstić information content (AvgIpc) is 3.49. The van der Waals surface area contributed by atoms with Crippen LogP contribution >= 0.6 is 7.82 Å². The highest BCUT2D eigenvalue weighted by molar-refractivity contribution is 7.83. The molecule has 0 aromatic heterocycles. The number of aliphatic hydroxyl groups excluding tert-OH is 1. The van der Waals surface area contributed by atoms with Crippen molar-refractivity contribution in [2.24, 2.45) is 0 Å². The summed E-state index contributed by atoms with van der Waals surface area (Å²) in [6, 6.07) is -0.858. The van der Waals surface area contributed by atoms with Crippen molar-refractivity contribution in [1.82, 2.24) is 4.72 Å². The number of phosphoric ester groups is 1. The summed E-state index contributed by atoms with van der Waals surface area (Å²) in [6.07, 6.45) is 20.4. The van der Waals surface area contributed by atoms with E-state index in [4.69, 9.17) is 47.1 Å². The minimum absolute atomic E-state index is 0.00608. The van der Waals surface area contributed by atoms with Crippen molar-refractivity contribution in [2.45, 2.75) is 179 Å². The maximum Gasteiger partial charge on any atom is 0.333 e. The van der Waals surface area contributed by atoms with E-state index in [1.807, 2.05) is 25.9 Å². The van der Waals surface area contributed by atoms with Crippen molar-refractivity contribution in [2.75, 3.05) is 67.3 Å². The molecule has 0 saturated carbocycles. The zero-order valence-corrected chi connectivity index (χ0v) is 40.7. The topological polar surface area (TPSA) is 252 Å². The van der Waals surface area contributed by atoms with Gasteiger partial charge in [0.15, 0.2) is 11.9 Å². The second-order valence-corrected chi connectivity index (χ2v) is 20.5. The van der Waals surface area contributed by atoms with Gasteiger partial charge in [-0.15, -0.1) is 0 Å². The third-order valence-electron chi connectivity index (χ3n) is 10.8. The van der Waals surface area contributed by atoms with Gasteiger partial charge in [0, 0.05) is 39.4 Å². The summed E-state index contributed by atoms with van der Waals surface area (Å²) in [5.41, 5.74) is 0. The molecule has 2 aliphatic heterocycles. The first-order valence-electron chi connectivity index (χ1n) is 23.1. The first-order chi connectivity index (χ1) is 30.2. The monoisotopic (exact) mass is 958 g/mol. The van der Waals surface area contributed by atoms with E-state index in [1.165, 1.54) is 52.0 Å². The molecule has 374 valence electrons. The molecule has 0 aromatic carbocycles. The van der Waals surface area contributed by atoms with Gasteiger partial charge in [0.2, 0.25) is 0 Å². The summed E-state index contributed by atoms with van der Waals surface area (Å²) in [5.74, 6) is -2.33. The van der Waals surface area contributed by atoms with E-state index >= 15 is 0 Å². The van der Waals surface area contributed by atoms with Gasteiger partial charge in [-0.3, -0.25) is 18.7 Å². The number of esters is 3. The lowest BCUT2D eigenvalue weighted by Gasteiger charge is -2.35. The zero-order valence-electron chi connectivity index (χ0n) is 39.0. The van der Waals surface area contributed by atoms with E-state index in [1.54, 1.807) is 6.08 Å². The molecule has 3 N–H and O–H groups in total. The molecule has 0 radical (unpaired) electrons. The number of rotatable bonds is 38. The fourth-order valence-electron chi connectivity index (χ4n) is 7.52. The summed E-state index contributed by atoms with van der Waals surface area (Å²) in [5, 5.41) is 9.16. The van der Waals surface area contributed by atoms with Crippen LogP contribution in [0.25, 0.3) is 0 Å². The highest BCUT2D eigenvalue weighted by atomic mass is 32.2. The number of ether oxygens (including phenoxy) is 6. The Morgan fingerprint density at radius 2 is 1.48 bits per heavy atom. The number of aliphatic hydroxyl groups is 1. The van der Waals surface area contributed by atoms with Gasteiger partial charge in [0.05, 0.1) is 53.1 Å². The first-order valence-corrected chi connectivity index (χ1v) is 26.0. The molecule has 21 heteroatoms. The Kier molecular flexibility index (Phi) is 28.2. The summed E-state index contributed by atoms with van der Waals surface area (Å²) >= 11 is 0. The van der Waals surface area contributed by atoms with Gasteiger partial charge in [0.25, 0.3) is 7.82 Å². The summed E-state index contributed by atoms with van der Waals surface area (Å²) in [7, 11) is -3.40. The van der Waals surface area contributed by atoms with E-state index in [2.05, 4.69) is 0 Å². The van der Waals surface area contributed by atoms with Crippen molar-refractivity contribution in [3.05, 3.63) is 12.2 Å². The molecule has 19 nitrogen and oxygen atoms in total. The molecule has 64 heavy (non-hydrogen) atoms. The second kappa shape index (κ2) is 31.1. The highest BCUT2D eigenvalue weighted by Crippen LogP contribution is 2.45. The Morgan fingerprint density at radius 1 is 0.859 bits per heavy atom. The molecule has 2 bridgehead atoms. The molecule has 0 aliphatic carbocycles. The lowest BCUT2D eigenvalue weighted by molar-refractivity contribution is -0.870. The Balaban J connectivity index is 1.63. The van der Waals surface area contributed by atoms with Crippen LogP contribution < -0.4 is 9.62 Å². The Morgan fingerprint density at radius 3 is 2.08 bits per heavy atom. The van der Waals surface area contributed by atoms with Crippen molar-refractivity contribution in [3.63, 3.8) is 0 Å². The fraction of sp³-hybridized carbons (Fsp3) is 0.884. The summed E-state index contributed by atoms with van der Waals surface area (Å²) in [4.78, 5) is 47.9. The normalized spacial score (nSPS) is 22.0. The minimum atomic E-state index is -4.68. The van der Waals surface area contributed by atoms with Crippen LogP contribution in [0.15, 0.2) is 12.2 Å². The number of allylic oxidation sites excluding steroid dienone is 1. The van der Waals surface area contributed by atoms with Crippen molar-refractivity contribution in [3.8, 4) is 0 Å². The fourth-order valence-corrected chi connectivity index (χ4v) is 8.81. The van der Waals surface area contributed by atoms with Gasteiger partial charge in [-0.2, -0.15) is 13.1 Å². The number of fused-ring (bicyclic) bond motifs is 2. The maximum absolute atomic E-state index is 12.5. The lowest BCUT2D eigenvalue weighted by Crippen LogP contribution is -2.43. The van der Waals surface area contributed by atoms with E-state index in [0.29, 0.717) is 36.9 Å². The Bertz CT molecular complexity index is 1530. The number of carbonyl (C=O) groups excluding carboxylic acids is 3. The SMILES string of the molecule is CC(=O)OC[C@H](COP(=O)([O-])OCC[N+](C)(C)C)OC(=O)/C=C/CCCCC[C@H]1O[C@]2(CCCCCCCCCCCCCCOC[C@H](CO)NS(=O)(=O)O)CC[C@@H](OC(C)=O)[C@H]1O2. The van der Waals surface area contributed by atoms with Crippen LogP contribution in [0, 0.1) is 0 Å². The van der Waals surface area contributed by atoms with E-state index in [0.717, 1.165) is 77.0 Å². The predicted octanol–water partition coefficient (Wildman–Crippen LogP) is 5.22. The van der Waals surface area contributed by atoms with E-state index < -0.39 is 61.2 Å². The van der Waals surface area contributed by atoms with Crippen LogP contribution in [0.5, 0.6) is 0 Å². The van der Waals surface area contributed by atoms with E-state index in [-0.39, 0.29) is 44.1 Å². The third kappa shape index (κ3) is 28.2. The Labute approximate surface area is 381 Å². The van der Waals surface area contributed by atoms with Gasteiger partial charge >= 0.3 is 28.2 Å². The molecule has 2 rings (SSSR count). The van der Waals surface area contributed by atoms with Gasteiger partial charge in [-0.25, -0.2) is 4.79 Å². The number of carbonyl (C=O) groups is 3. The number of nitrogens with one attached hydrogen (secondary N) is 1. The van der Waals surface area contributed by atoms with Gasteiger partial charge < -0.3 is 52.0 Å². The second-order valence-electron chi connectivity index (χ2n) is 17.9. The maximum atomic E-state index is 12.5. The van der Waals surface area contributed by atoms with Gasteiger partial charge in [-0.05, 0) is 38.5 Å². The molecule has 2 saturated heterocycles. The number of phosphoric acid groups is 1. The molecule has 0 spiro atoms. The first kappa shape index (κ1) is 58.1. The molecular weight excluding hydrogens is 880 g/mol. The van der Waals surface area contributed by atoms with Crippen LogP contribution in [-0.4, -0.2) is 144 Å². The van der Waals surface area contributed by atoms with Crippen molar-refractivity contribution >= 4 is 36.0 Å². The minimum Gasteiger partial charge on any atom is -0.756 e. The van der Waals surface area contributed by atoms with Gasteiger partial charge in [-0.1, -0.05) is 83.1 Å². The van der Waals surface area contributed by atoms with Crippen LogP contribution in [0.3, 0.4) is 0 Å². The highest BCUT2D eigenvalue weighted by Gasteiger charge is 2.54. The van der Waals surface area contributed by atoms with Gasteiger partial charge in [0.1, 0.15) is 32.0 Å². The number of quaternary nitrogens is 1. The average molecular weight is 959 g/mol. The van der Waals surface area contributed by atoms with Crippen LogP contribution in [-0.2, 0) is 66.7 Å². The van der Waals surface area contributed by atoms with Crippen LogP contribution in [0.2, 0.25) is 0 Å². The molecule has 2 fully saturated rings. The largest absolute Gasteiger partial charge is 0.756 e. The third-order valence-corrected chi connectivity index (χ3v) is 12.4. The summed E-state index contributed by atoms with van der Waals surface area (Å²) < 4.78 is 89.3.